The highest BCUT2D eigenvalue weighted by molar-refractivity contribution is 5.95. The van der Waals surface area contributed by atoms with E-state index in [1.165, 1.54) is 6.42 Å². The molecule has 1 aliphatic carbocycles. The number of benzene rings is 1. The molecule has 0 spiro atoms. The van der Waals surface area contributed by atoms with Crippen LogP contribution in [0.3, 0.4) is 0 Å². The van der Waals surface area contributed by atoms with Gasteiger partial charge in [-0.2, -0.15) is 0 Å². The Hall–Kier alpha value is -2.50. The summed E-state index contributed by atoms with van der Waals surface area (Å²) in [6, 6.07) is 7.01. The van der Waals surface area contributed by atoms with Crippen molar-refractivity contribution in [3.63, 3.8) is 0 Å². The van der Waals surface area contributed by atoms with Crippen LogP contribution in [0, 0.1) is 5.92 Å². The Morgan fingerprint density at radius 1 is 1.19 bits per heavy atom. The number of carbonyl (C=O) groups excluding carboxylic acids is 2. The summed E-state index contributed by atoms with van der Waals surface area (Å²) in [5, 5.41) is 5.57. The number of nitrogens with one attached hydrogen (secondary N) is 2. The Morgan fingerprint density at radius 3 is 2.52 bits per heavy atom. The first-order valence-corrected chi connectivity index (χ1v) is 9.61. The van der Waals surface area contributed by atoms with Gasteiger partial charge in [-0.25, -0.2) is 9.59 Å². The molecule has 0 radical (unpaired) electrons. The molecule has 6 nitrogen and oxygen atoms in total. The van der Waals surface area contributed by atoms with Crippen molar-refractivity contribution < 1.29 is 14.3 Å². The molecule has 2 amide bonds. The summed E-state index contributed by atoms with van der Waals surface area (Å²) in [6.07, 6.45) is 4.04. The SMILES string of the molecule is CC1=C(C(=O)O[C@H]2CCC[C@@H](C)C2)[C@H](c2ccc(N(C)C)cc2)NC(=O)N1. The van der Waals surface area contributed by atoms with Gasteiger partial charge in [0.15, 0.2) is 0 Å². The number of hydrogen-bond acceptors (Lipinski definition) is 4. The van der Waals surface area contributed by atoms with Gasteiger partial charge in [0.25, 0.3) is 0 Å². The first kappa shape index (κ1) is 19.3. The number of anilines is 1. The van der Waals surface area contributed by atoms with Crippen LogP contribution in [0.5, 0.6) is 0 Å². The third-order valence-electron chi connectivity index (χ3n) is 5.39. The molecule has 2 N–H and O–H groups in total. The van der Waals surface area contributed by atoms with Gasteiger partial charge in [-0.3, -0.25) is 0 Å². The summed E-state index contributed by atoms with van der Waals surface area (Å²) >= 11 is 0. The lowest BCUT2D eigenvalue weighted by Crippen LogP contribution is -2.45. The quantitative estimate of drug-likeness (QED) is 0.795. The molecule has 0 bridgehead atoms. The zero-order chi connectivity index (χ0) is 19.6. The highest BCUT2D eigenvalue weighted by atomic mass is 16.5. The molecule has 0 saturated heterocycles. The van der Waals surface area contributed by atoms with Gasteiger partial charge < -0.3 is 20.3 Å². The van der Waals surface area contributed by atoms with Crippen LogP contribution >= 0.6 is 0 Å². The standard InChI is InChI=1S/C21H29N3O3/c1-13-6-5-7-17(12-13)27-20(25)18-14(2)22-21(26)23-19(18)15-8-10-16(11-9-15)24(3)4/h8-11,13,17,19H,5-7,12H2,1-4H3,(H2,22,23,26)/t13-,17+,19+/m1/s1. The Bertz CT molecular complexity index is 740. The number of allylic oxidation sites excluding steroid dienone is 1. The highest BCUT2D eigenvalue weighted by Gasteiger charge is 2.34. The second kappa shape index (κ2) is 8.03. The van der Waals surface area contributed by atoms with E-state index in [-0.39, 0.29) is 18.1 Å². The first-order valence-electron chi connectivity index (χ1n) is 9.61. The summed E-state index contributed by atoms with van der Waals surface area (Å²) in [7, 11) is 3.94. The smallest absolute Gasteiger partial charge is 0.338 e. The summed E-state index contributed by atoms with van der Waals surface area (Å²) < 4.78 is 5.82. The molecular formula is C21H29N3O3. The lowest BCUT2D eigenvalue weighted by Gasteiger charge is -2.31. The van der Waals surface area contributed by atoms with E-state index in [2.05, 4.69) is 17.6 Å². The van der Waals surface area contributed by atoms with E-state index in [1.807, 2.05) is 43.3 Å². The molecule has 1 aromatic carbocycles. The zero-order valence-corrected chi connectivity index (χ0v) is 16.5. The molecule has 1 heterocycles. The monoisotopic (exact) mass is 371 g/mol. The highest BCUT2D eigenvalue weighted by Crippen LogP contribution is 2.31. The largest absolute Gasteiger partial charge is 0.459 e. The third-order valence-corrected chi connectivity index (χ3v) is 5.39. The number of nitrogens with zero attached hydrogens (tertiary/aromatic N) is 1. The van der Waals surface area contributed by atoms with E-state index >= 15 is 0 Å². The average molecular weight is 371 g/mol. The number of urea groups is 1. The van der Waals surface area contributed by atoms with E-state index < -0.39 is 6.04 Å². The summed E-state index contributed by atoms with van der Waals surface area (Å²) in [5.74, 6) is 0.228. The zero-order valence-electron chi connectivity index (χ0n) is 16.5. The van der Waals surface area contributed by atoms with Crippen molar-refractivity contribution in [1.82, 2.24) is 10.6 Å². The van der Waals surface area contributed by atoms with Crippen molar-refractivity contribution in [3.05, 3.63) is 41.1 Å². The van der Waals surface area contributed by atoms with Gasteiger partial charge in [-0.05, 0) is 49.8 Å². The minimum Gasteiger partial charge on any atom is -0.459 e. The van der Waals surface area contributed by atoms with E-state index in [1.54, 1.807) is 6.92 Å². The second-order valence-corrected chi connectivity index (χ2v) is 7.86. The molecule has 1 saturated carbocycles. The van der Waals surface area contributed by atoms with Crippen LogP contribution < -0.4 is 15.5 Å². The van der Waals surface area contributed by atoms with Gasteiger partial charge in [0.05, 0.1) is 11.6 Å². The summed E-state index contributed by atoms with van der Waals surface area (Å²) in [6.45, 7) is 3.95. The first-order chi connectivity index (χ1) is 12.8. The lowest BCUT2D eigenvalue weighted by molar-refractivity contribution is -0.146. The topological polar surface area (TPSA) is 70.7 Å². The Balaban J connectivity index is 1.84. The molecule has 2 aliphatic rings. The van der Waals surface area contributed by atoms with Gasteiger partial charge in [-0.15, -0.1) is 0 Å². The van der Waals surface area contributed by atoms with Crippen molar-refractivity contribution in [2.24, 2.45) is 5.92 Å². The minimum atomic E-state index is -0.511. The summed E-state index contributed by atoms with van der Waals surface area (Å²) in [4.78, 5) is 27.0. The molecular weight excluding hydrogens is 342 g/mol. The van der Waals surface area contributed by atoms with Crippen molar-refractivity contribution in [2.75, 3.05) is 19.0 Å². The maximum Gasteiger partial charge on any atom is 0.338 e. The van der Waals surface area contributed by atoms with E-state index in [0.29, 0.717) is 17.2 Å². The Labute approximate surface area is 161 Å². The lowest BCUT2D eigenvalue weighted by atomic mass is 9.88. The van der Waals surface area contributed by atoms with Crippen molar-refractivity contribution in [1.29, 1.82) is 0 Å². The maximum absolute atomic E-state index is 13.0. The van der Waals surface area contributed by atoms with Crippen LogP contribution in [0.25, 0.3) is 0 Å². The number of amides is 2. The maximum atomic E-state index is 13.0. The minimum absolute atomic E-state index is 0.0454. The van der Waals surface area contributed by atoms with Gasteiger partial charge in [0.2, 0.25) is 0 Å². The molecule has 1 aliphatic heterocycles. The number of carbonyl (C=O) groups is 2. The molecule has 3 atom stereocenters. The predicted octanol–water partition coefficient (Wildman–Crippen LogP) is 3.50. The van der Waals surface area contributed by atoms with Crippen molar-refractivity contribution in [2.45, 2.75) is 51.7 Å². The number of esters is 1. The van der Waals surface area contributed by atoms with Gasteiger partial charge in [0.1, 0.15) is 6.10 Å². The van der Waals surface area contributed by atoms with Crippen LogP contribution in [0.2, 0.25) is 0 Å². The molecule has 6 heteroatoms. The predicted molar refractivity (Wildman–Crippen MR) is 105 cm³/mol. The average Bonchev–Trinajstić information content (AvgIpc) is 2.61. The van der Waals surface area contributed by atoms with Gasteiger partial charge in [-0.1, -0.05) is 25.5 Å². The summed E-state index contributed by atoms with van der Waals surface area (Å²) in [5.41, 5.74) is 2.94. The number of rotatable bonds is 4. The molecule has 146 valence electrons. The number of hydrogen-bond donors (Lipinski definition) is 2. The van der Waals surface area contributed by atoms with Gasteiger partial charge >= 0.3 is 12.0 Å². The van der Waals surface area contributed by atoms with Crippen LogP contribution in [0.15, 0.2) is 35.5 Å². The van der Waals surface area contributed by atoms with E-state index in [9.17, 15) is 9.59 Å². The van der Waals surface area contributed by atoms with E-state index in [4.69, 9.17) is 4.74 Å². The van der Waals surface area contributed by atoms with E-state index in [0.717, 1.165) is 30.5 Å². The van der Waals surface area contributed by atoms with Crippen LogP contribution in [-0.2, 0) is 9.53 Å². The van der Waals surface area contributed by atoms with Crippen molar-refractivity contribution in [3.8, 4) is 0 Å². The molecule has 1 fully saturated rings. The molecule has 27 heavy (non-hydrogen) atoms. The Morgan fingerprint density at radius 2 is 1.89 bits per heavy atom. The molecule has 0 unspecified atom stereocenters. The van der Waals surface area contributed by atoms with Crippen LogP contribution in [0.1, 0.15) is 51.1 Å². The molecule has 3 rings (SSSR count). The molecule has 1 aromatic rings. The molecule has 0 aromatic heterocycles. The number of ether oxygens (including phenoxy) is 1. The normalized spacial score (nSPS) is 25.5. The van der Waals surface area contributed by atoms with Crippen LogP contribution in [0.4, 0.5) is 10.5 Å². The fourth-order valence-corrected chi connectivity index (χ4v) is 3.88. The van der Waals surface area contributed by atoms with Crippen molar-refractivity contribution >= 4 is 17.7 Å². The second-order valence-electron chi connectivity index (χ2n) is 7.86. The van der Waals surface area contributed by atoms with Gasteiger partial charge in [0, 0.05) is 25.5 Å². The fourth-order valence-electron chi connectivity index (χ4n) is 3.88. The third kappa shape index (κ3) is 4.43. The Kier molecular flexibility index (Phi) is 5.73. The van der Waals surface area contributed by atoms with Crippen LogP contribution in [-0.4, -0.2) is 32.2 Å². The fraction of sp³-hybridized carbons (Fsp3) is 0.524.